The van der Waals surface area contributed by atoms with E-state index in [2.05, 4.69) is 9.71 Å². The summed E-state index contributed by atoms with van der Waals surface area (Å²) >= 11 is 0. The number of benzene rings is 1. The number of sulfonamides is 1. The van der Waals surface area contributed by atoms with Gasteiger partial charge in [0.15, 0.2) is 0 Å². The van der Waals surface area contributed by atoms with E-state index in [0.717, 1.165) is 5.56 Å². The molecule has 0 saturated carbocycles. The third-order valence-corrected chi connectivity index (χ3v) is 4.78. The van der Waals surface area contributed by atoms with Gasteiger partial charge in [0.05, 0.1) is 11.5 Å². The number of methoxy groups -OCH3 is 1. The minimum atomic E-state index is -3.60. The van der Waals surface area contributed by atoms with Crippen LogP contribution in [0.5, 0.6) is 5.75 Å². The molecular weight excluding hydrogens is 316 g/mol. The standard InChI is InChI=1S/C16H20N2O4S/c1-13(14-7-9-17-10-8-14)18-23(19,20)16-5-3-15(4-6-16)22-12-11-21-2/h3-10,13,18H,11-12H2,1-2H3. The van der Waals surface area contributed by atoms with Gasteiger partial charge < -0.3 is 9.47 Å². The van der Waals surface area contributed by atoms with Crippen molar-refractivity contribution in [2.45, 2.75) is 17.9 Å². The summed E-state index contributed by atoms with van der Waals surface area (Å²) in [5, 5.41) is 0. The molecule has 0 amide bonds. The molecule has 0 aliphatic rings. The molecule has 1 aromatic carbocycles. The predicted octanol–water partition coefficient (Wildman–Crippen LogP) is 2.15. The largest absolute Gasteiger partial charge is 0.491 e. The van der Waals surface area contributed by atoms with Gasteiger partial charge in [-0.1, -0.05) is 0 Å². The van der Waals surface area contributed by atoms with Gasteiger partial charge in [0.25, 0.3) is 0 Å². The molecular formula is C16H20N2O4S. The summed E-state index contributed by atoms with van der Waals surface area (Å²) in [5.41, 5.74) is 0.850. The van der Waals surface area contributed by atoms with Crippen molar-refractivity contribution in [2.24, 2.45) is 0 Å². The smallest absolute Gasteiger partial charge is 0.241 e. The lowest BCUT2D eigenvalue weighted by atomic mass is 10.1. The van der Waals surface area contributed by atoms with E-state index in [-0.39, 0.29) is 10.9 Å². The molecule has 1 N–H and O–H groups in total. The molecule has 7 heteroatoms. The Morgan fingerprint density at radius 2 is 1.74 bits per heavy atom. The van der Waals surface area contributed by atoms with E-state index in [1.54, 1.807) is 50.7 Å². The first-order valence-electron chi connectivity index (χ1n) is 7.17. The molecule has 124 valence electrons. The van der Waals surface area contributed by atoms with E-state index in [9.17, 15) is 8.42 Å². The number of pyridine rings is 1. The molecule has 1 heterocycles. The van der Waals surface area contributed by atoms with E-state index in [1.165, 1.54) is 12.1 Å². The maximum atomic E-state index is 12.4. The quantitative estimate of drug-likeness (QED) is 0.747. The maximum Gasteiger partial charge on any atom is 0.241 e. The van der Waals surface area contributed by atoms with Crippen LogP contribution in [0, 0.1) is 0 Å². The highest BCUT2D eigenvalue weighted by molar-refractivity contribution is 7.89. The van der Waals surface area contributed by atoms with Crippen LogP contribution in [-0.2, 0) is 14.8 Å². The molecule has 1 aromatic heterocycles. The first-order valence-corrected chi connectivity index (χ1v) is 8.65. The van der Waals surface area contributed by atoms with Gasteiger partial charge in [-0.3, -0.25) is 4.98 Å². The highest BCUT2D eigenvalue weighted by Crippen LogP contribution is 2.19. The SMILES string of the molecule is COCCOc1ccc(S(=O)(=O)NC(C)c2ccncc2)cc1. The first-order chi connectivity index (χ1) is 11.0. The molecule has 0 radical (unpaired) electrons. The van der Waals surface area contributed by atoms with E-state index in [4.69, 9.17) is 9.47 Å². The minimum absolute atomic E-state index is 0.192. The van der Waals surface area contributed by atoms with Crippen molar-refractivity contribution in [3.8, 4) is 5.75 Å². The molecule has 23 heavy (non-hydrogen) atoms. The lowest BCUT2D eigenvalue weighted by molar-refractivity contribution is 0.146. The van der Waals surface area contributed by atoms with Crippen LogP contribution in [-0.4, -0.2) is 33.7 Å². The number of hydrogen-bond donors (Lipinski definition) is 1. The van der Waals surface area contributed by atoms with Crippen molar-refractivity contribution in [2.75, 3.05) is 20.3 Å². The van der Waals surface area contributed by atoms with Crippen molar-refractivity contribution in [3.05, 3.63) is 54.4 Å². The molecule has 1 atom stereocenters. The molecule has 0 bridgehead atoms. The van der Waals surface area contributed by atoms with Crippen molar-refractivity contribution in [1.82, 2.24) is 9.71 Å². The Kier molecular flexibility index (Phi) is 6.09. The second-order valence-electron chi connectivity index (χ2n) is 4.94. The Labute approximate surface area is 136 Å². The molecule has 6 nitrogen and oxygen atoms in total. The zero-order valence-corrected chi connectivity index (χ0v) is 13.9. The number of aromatic nitrogens is 1. The molecule has 0 spiro atoms. The van der Waals surface area contributed by atoms with Crippen molar-refractivity contribution in [3.63, 3.8) is 0 Å². The van der Waals surface area contributed by atoms with Gasteiger partial charge >= 0.3 is 0 Å². The van der Waals surface area contributed by atoms with Crippen LogP contribution in [0.1, 0.15) is 18.5 Å². The summed E-state index contributed by atoms with van der Waals surface area (Å²) in [7, 11) is -2.01. The van der Waals surface area contributed by atoms with Crippen molar-refractivity contribution < 1.29 is 17.9 Å². The van der Waals surface area contributed by atoms with E-state index in [0.29, 0.717) is 19.0 Å². The molecule has 0 aliphatic heterocycles. The van der Waals surface area contributed by atoms with Crippen LogP contribution in [0.2, 0.25) is 0 Å². The summed E-state index contributed by atoms with van der Waals surface area (Å²) in [6.45, 7) is 2.68. The monoisotopic (exact) mass is 336 g/mol. The van der Waals surface area contributed by atoms with Crippen LogP contribution in [0.15, 0.2) is 53.7 Å². The topological polar surface area (TPSA) is 77.5 Å². The normalized spacial score (nSPS) is 12.8. The van der Waals surface area contributed by atoms with E-state index in [1.807, 2.05) is 0 Å². The van der Waals surface area contributed by atoms with Crippen molar-refractivity contribution in [1.29, 1.82) is 0 Å². The molecule has 0 saturated heterocycles. The third kappa shape index (κ3) is 5.02. The number of hydrogen-bond acceptors (Lipinski definition) is 5. The number of ether oxygens (including phenoxy) is 2. The molecule has 1 unspecified atom stereocenters. The maximum absolute atomic E-state index is 12.4. The van der Waals surface area contributed by atoms with E-state index < -0.39 is 10.0 Å². The Hall–Kier alpha value is -1.96. The zero-order valence-electron chi connectivity index (χ0n) is 13.1. The second kappa shape index (κ2) is 8.05. The van der Waals surface area contributed by atoms with Gasteiger partial charge in [-0.15, -0.1) is 0 Å². The molecule has 2 aromatic rings. The van der Waals surface area contributed by atoms with Crippen LogP contribution >= 0.6 is 0 Å². The summed E-state index contributed by atoms with van der Waals surface area (Å²) in [6, 6.07) is 9.50. The zero-order chi connectivity index (χ0) is 16.7. The summed E-state index contributed by atoms with van der Waals surface area (Å²) < 4.78 is 37.8. The first kappa shape index (κ1) is 17.4. The van der Waals surface area contributed by atoms with Crippen LogP contribution in [0.25, 0.3) is 0 Å². The van der Waals surface area contributed by atoms with Gasteiger partial charge in [-0.2, -0.15) is 0 Å². The van der Waals surface area contributed by atoms with Crippen molar-refractivity contribution >= 4 is 10.0 Å². The van der Waals surface area contributed by atoms with E-state index >= 15 is 0 Å². The van der Waals surface area contributed by atoms with Crippen LogP contribution in [0.3, 0.4) is 0 Å². The molecule has 2 rings (SSSR count). The Morgan fingerprint density at radius 3 is 2.35 bits per heavy atom. The number of nitrogens with one attached hydrogen (secondary N) is 1. The summed E-state index contributed by atoms with van der Waals surface area (Å²) in [6.07, 6.45) is 3.26. The number of nitrogens with zero attached hydrogens (tertiary/aromatic N) is 1. The van der Waals surface area contributed by atoms with Crippen LogP contribution in [0.4, 0.5) is 0 Å². The van der Waals surface area contributed by atoms with Gasteiger partial charge in [-0.25, -0.2) is 13.1 Å². The van der Waals surface area contributed by atoms with Gasteiger partial charge in [0.1, 0.15) is 12.4 Å². The highest BCUT2D eigenvalue weighted by Gasteiger charge is 2.18. The highest BCUT2D eigenvalue weighted by atomic mass is 32.2. The summed E-state index contributed by atoms with van der Waals surface area (Å²) in [4.78, 5) is 4.11. The second-order valence-corrected chi connectivity index (χ2v) is 6.65. The lowest BCUT2D eigenvalue weighted by Gasteiger charge is -2.14. The Balaban J connectivity index is 2.04. The minimum Gasteiger partial charge on any atom is -0.491 e. The Morgan fingerprint density at radius 1 is 1.09 bits per heavy atom. The average molecular weight is 336 g/mol. The molecule has 0 aliphatic carbocycles. The fourth-order valence-electron chi connectivity index (χ4n) is 1.98. The summed E-state index contributed by atoms with van der Waals surface area (Å²) in [5.74, 6) is 0.600. The van der Waals surface area contributed by atoms with Gasteiger partial charge in [-0.05, 0) is 48.9 Å². The fraction of sp³-hybridized carbons (Fsp3) is 0.312. The number of rotatable bonds is 8. The Bertz CT molecular complexity index is 703. The average Bonchev–Trinajstić information content (AvgIpc) is 2.56. The third-order valence-electron chi connectivity index (χ3n) is 3.23. The fourth-order valence-corrected chi connectivity index (χ4v) is 3.21. The van der Waals surface area contributed by atoms with Gasteiger partial charge in [0.2, 0.25) is 10.0 Å². The van der Waals surface area contributed by atoms with Gasteiger partial charge in [0, 0.05) is 25.5 Å². The molecule has 0 fully saturated rings. The van der Waals surface area contributed by atoms with Crippen LogP contribution < -0.4 is 9.46 Å². The lowest BCUT2D eigenvalue weighted by Crippen LogP contribution is -2.26. The predicted molar refractivity (Wildman–Crippen MR) is 86.8 cm³/mol.